The van der Waals surface area contributed by atoms with Gasteiger partial charge in [0.25, 0.3) is 17.1 Å². The van der Waals surface area contributed by atoms with Gasteiger partial charge in [-0.3, -0.25) is 19.7 Å². The van der Waals surface area contributed by atoms with Crippen LogP contribution in [0.15, 0.2) is 29.2 Å². The number of nitrogens with one attached hydrogen (secondary N) is 1. The highest BCUT2D eigenvalue weighted by atomic mass is 32.2. The lowest BCUT2D eigenvalue weighted by molar-refractivity contribution is -0.116. The zero-order valence-corrected chi connectivity index (χ0v) is 10.9. The highest BCUT2D eigenvalue weighted by Crippen LogP contribution is 2.42. The lowest BCUT2D eigenvalue weighted by Crippen LogP contribution is -2.26. The molecule has 0 aromatic heterocycles. The molecule has 96 valence electrons. The van der Waals surface area contributed by atoms with Crippen molar-refractivity contribution in [1.82, 2.24) is 5.32 Å². The predicted molar refractivity (Wildman–Crippen MR) is 72.5 cm³/mol. The van der Waals surface area contributed by atoms with E-state index in [1.54, 1.807) is 11.0 Å². The van der Waals surface area contributed by atoms with E-state index in [0.717, 1.165) is 17.4 Å². The molecule has 0 aliphatic carbocycles. The Morgan fingerprint density at radius 2 is 1.95 bits per heavy atom. The summed E-state index contributed by atoms with van der Waals surface area (Å²) in [4.78, 5) is 37.2. The molecule has 2 heterocycles. The van der Waals surface area contributed by atoms with Crippen molar-refractivity contribution in [2.24, 2.45) is 0 Å². The van der Waals surface area contributed by atoms with Crippen LogP contribution in [0.3, 0.4) is 0 Å². The van der Waals surface area contributed by atoms with Crippen molar-refractivity contribution < 1.29 is 14.4 Å². The molecule has 3 rings (SSSR count). The van der Waals surface area contributed by atoms with E-state index >= 15 is 0 Å². The van der Waals surface area contributed by atoms with Gasteiger partial charge < -0.3 is 4.90 Å². The van der Waals surface area contributed by atoms with Gasteiger partial charge >= 0.3 is 0 Å². The average Bonchev–Trinajstić information content (AvgIpc) is 2.85. The minimum Gasteiger partial charge on any atom is -0.308 e. The predicted octanol–water partition coefficient (Wildman–Crippen LogP) is 1.75. The second-order valence-corrected chi connectivity index (χ2v) is 5.10. The lowest BCUT2D eigenvalue weighted by Gasteiger charge is -2.13. The Kier molecular flexibility index (Phi) is 2.67. The van der Waals surface area contributed by atoms with Crippen LogP contribution in [0.1, 0.15) is 12.5 Å². The summed E-state index contributed by atoms with van der Waals surface area (Å²) < 4.78 is 0. The van der Waals surface area contributed by atoms with Crippen LogP contribution in [-0.4, -0.2) is 23.6 Å². The maximum absolute atomic E-state index is 12.4. The maximum Gasteiger partial charge on any atom is 0.290 e. The molecule has 2 aliphatic rings. The summed E-state index contributed by atoms with van der Waals surface area (Å²) in [6.07, 6.45) is 0. The van der Waals surface area contributed by atoms with Crippen molar-refractivity contribution in [3.05, 3.63) is 34.7 Å². The minimum atomic E-state index is -0.494. The Balaban J connectivity index is 2.23. The van der Waals surface area contributed by atoms with Crippen molar-refractivity contribution in [2.75, 3.05) is 11.4 Å². The number of benzene rings is 1. The molecule has 1 aromatic carbocycles. The lowest BCUT2D eigenvalue weighted by atomic mass is 10.1. The van der Waals surface area contributed by atoms with E-state index in [1.807, 2.05) is 25.1 Å². The van der Waals surface area contributed by atoms with Crippen LogP contribution in [0.25, 0.3) is 5.57 Å². The summed E-state index contributed by atoms with van der Waals surface area (Å²) in [5, 5.41) is 1.75. The normalized spacial score (nSPS) is 21.9. The Hall–Kier alpha value is -2.08. The van der Waals surface area contributed by atoms with Crippen LogP contribution in [0, 0.1) is 0 Å². The van der Waals surface area contributed by atoms with Crippen LogP contribution in [0.2, 0.25) is 0 Å². The zero-order valence-electron chi connectivity index (χ0n) is 10.1. The van der Waals surface area contributed by atoms with Gasteiger partial charge in [0, 0.05) is 12.1 Å². The summed E-state index contributed by atoms with van der Waals surface area (Å²) >= 11 is 0.783. The number of carbonyl (C=O) groups is 3. The molecule has 0 bridgehead atoms. The SMILES string of the molecule is CCN1C(=O)/C(=C2/SC(=O)NC2=O)c2ccccc21. The first-order chi connectivity index (χ1) is 9.13. The van der Waals surface area contributed by atoms with Crippen LogP contribution in [0.5, 0.6) is 0 Å². The number of thioether (sulfide) groups is 1. The summed E-state index contributed by atoms with van der Waals surface area (Å²) in [6, 6.07) is 7.28. The molecule has 1 saturated heterocycles. The third kappa shape index (κ3) is 1.67. The first-order valence-corrected chi connectivity index (χ1v) is 6.64. The molecule has 1 aromatic rings. The topological polar surface area (TPSA) is 66.5 Å². The number of fused-ring (bicyclic) bond motifs is 1. The first-order valence-electron chi connectivity index (χ1n) is 5.82. The van der Waals surface area contributed by atoms with Gasteiger partial charge in [-0.1, -0.05) is 18.2 Å². The van der Waals surface area contributed by atoms with Gasteiger partial charge in [-0.25, -0.2) is 0 Å². The molecular formula is C13H10N2O3S. The number of amides is 3. The number of rotatable bonds is 1. The largest absolute Gasteiger partial charge is 0.308 e. The molecule has 1 fully saturated rings. The smallest absolute Gasteiger partial charge is 0.290 e. The highest BCUT2D eigenvalue weighted by Gasteiger charge is 2.39. The molecule has 19 heavy (non-hydrogen) atoms. The molecule has 0 atom stereocenters. The fourth-order valence-corrected chi connectivity index (χ4v) is 3.06. The van der Waals surface area contributed by atoms with E-state index in [-0.39, 0.29) is 10.8 Å². The minimum absolute atomic E-state index is 0.193. The number of imide groups is 1. The summed E-state index contributed by atoms with van der Waals surface area (Å²) in [5.41, 5.74) is 1.82. The van der Waals surface area contributed by atoms with Crippen LogP contribution < -0.4 is 10.2 Å². The molecule has 0 radical (unpaired) electrons. The van der Waals surface area contributed by atoms with Gasteiger partial charge in [0.15, 0.2) is 0 Å². The first kappa shape index (κ1) is 12.0. The monoisotopic (exact) mass is 274 g/mol. The molecule has 2 aliphatic heterocycles. The van der Waals surface area contributed by atoms with Gasteiger partial charge in [0.2, 0.25) is 0 Å². The fraction of sp³-hybridized carbons (Fsp3) is 0.154. The molecule has 0 unspecified atom stereocenters. The van der Waals surface area contributed by atoms with Crippen LogP contribution in [0.4, 0.5) is 10.5 Å². The Labute approximate surface area is 113 Å². The van der Waals surface area contributed by atoms with Gasteiger partial charge in [0.05, 0.1) is 16.2 Å². The number of likely N-dealkylation sites (N-methyl/N-ethyl adjacent to an activating group) is 1. The second kappa shape index (κ2) is 4.24. The molecule has 6 heteroatoms. The maximum atomic E-state index is 12.4. The third-order valence-electron chi connectivity index (χ3n) is 3.08. The van der Waals surface area contributed by atoms with E-state index in [0.29, 0.717) is 17.7 Å². The van der Waals surface area contributed by atoms with Crippen molar-refractivity contribution in [1.29, 1.82) is 0 Å². The third-order valence-corrected chi connectivity index (χ3v) is 3.96. The second-order valence-electron chi connectivity index (χ2n) is 4.11. The Morgan fingerprint density at radius 3 is 2.58 bits per heavy atom. The number of hydrogen-bond acceptors (Lipinski definition) is 4. The number of anilines is 1. The molecule has 0 saturated carbocycles. The number of nitrogens with zero attached hydrogens (tertiary/aromatic N) is 1. The number of carbonyl (C=O) groups excluding carboxylic acids is 3. The van der Waals surface area contributed by atoms with Crippen molar-refractivity contribution >= 4 is 40.1 Å². The van der Waals surface area contributed by atoms with E-state index < -0.39 is 11.1 Å². The van der Waals surface area contributed by atoms with E-state index in [1.165, 1.54) is 0 Å². The Bertz CT molecular complexity index is 651. The van der Waals surface area contributed by atoms with E-state index in [4.69, 9.17) is 0 Å². The van der Waals surface area contributed by atoms with Crippen LogP contribution in [-0.2, 0) is 9.59 Å². The van der Waals surface area contributed by atoms with E-state index in [2.05, 4.69) is 5.32 Å². The zero-order chi connectivity index (χ0) is 13.6. The quantitative estimate of drug-likeness (QED) is 0.792. The highest BCUT2D eigenvalue weighted by molar-refractivity contribution is 8.18. The summed E-state index contributed by atoms with van der Waals surface area (Å²) in [6.45, 7) is 2.39. The van der Waals surface area contributed by atoms with Gasteiger partial charge in [-0.2, -0.15) is 0 Å². The Morgan fingerprint density at radius 1 is 1.21 bits per heavy atom. The standard InChI is InChI=1S/C13H10N2O3S/c1-2-15-8-6-4-3-5-7(8)9(12(15)17)10-11(16)14-13(18)19-10/h3-6H,2H2,1H3,(H,14,16,18)/b10-9+. The van der Waals surface area contributed by atoms with Gasteiger partial charge in [-0.15, -0.1) is 0 Å². The number of hydrogen-bond donors (Lipinski definition) is 1. The average molecular weight is 274 g/mol. The van der Waals surface area contributed by atoms with Gasteiger partial charge in [0.1, 0.15) is 0 Å². The molecule has 0 spiro atoms. The summed E-state index contributed by atoms with van der Waals surface area (Å²) in [7, 11) is 0. The number of para-hydroxylation sites is 1. The molecule has 1 N–H and O–H groups in total. The fourth-order valence-electron chi connectivity index (χ4n) is 2.29. The molecular weight excluding hydrogens is 264 g/mol. The summed E-state index contributed by atoms with van der Waals surface area (Å²) in [5.74, 6) is -0.720. The molecule has 3 amide bonds. The molecule has 5 nitrogen and oxygen atoms in total. The van der Waals surface area contributed by atoms with Crippen molar-refractivity contribution in [2.45, 2.75) is 6.92 Å². The van der Waals surface area contributed by atoms with Crippen LogP contribution >= 0.6 is 11.8 Å². The van der Waals surface area contributed by atoms with E-state index in [9.17, 15) is 14.4 Å². The van der Waals surface area contributed by atoms with Gasteiger partial charge in [-0.05, 0) is 24.8 Å². The van der Waals surface area contributed by atoms with Crippen molar-refractivity contribution in [3.63, 3.8) is 0 Å². The van der Waals surface area contributed by atoms with Crippen molar-refractivity contribution in [3.8, 4) is 0 Å².